The molecule has 1 unspecified atom stereocenters. The van der Waals surface area contributed by atoms with Gasteiger partial charge in [-0.05, 0) is 60.6 Å². The Morgan fingerprint density at radius 2 is 1.72 bits per heavy atom. The van der Waals surface area contributed by atoms with Crippen molar-refractivity contribution >= 4 is 34.1 Å². The number of phenols is 2. The van der Waals surface area contributed by atoms with E-state index in [9.17, 15) is 28.5 Å². The number of nitrogens with zero attached hydrogens (tertiary/aromatic N) is 2. The normalized spacial score (nSPS) is 16.5. The van der Waals surface area contributed by atoms with Crippen LogP contribution in [0, 0.1) is 0 Å². The monoisotopic (exact) mass is 540 g/mol. The molecule has 1 fully saturated rings. The first-order chi connectivity index (χ1) is 17.0. The number of halogens is 4. The van der Waals surface area contributed by atoms with Crippen molar-refractivity contribution in [2.75, 3.05) is 45.5 Å². The lowest BCUT2D eigenvalue weighted by molar-refractivity contribution is -0.137. The molecule has 3 aromatic carbocycles. The van der Waals surface area contributed by atoms with Crippen LogP contribution in [0.25, 0.3) is 21.9 Å². The topological polar surface area (TPSA) is 67.2 Å². The van der Waals surface area contributed by atoms with E-state index < -0.39 is 17.8 Å². The van der Waals surface area contributed by atoms with Crippen LogP contribution in [0.3, 0.4) is 0 Å². The molecule has 0 radical (unpaired) electrons. The lowest BCUT2D eigenvalue weighted by atomic mass is 9.95. The molecule has 36 heavy (non-hydrogen) atoms. The summed E-state index contributed by atoms with van der Waals surface area (Å²) in [5, 5.41) is 33.0. The van der Waals surface area contributed by atoms with Crippen LogP contribution in [0.1, 0.15) is 12.0 Å². The van der Waals surface area contributed by atoms with E-state index >= 15 is 0 Å². The van der Waals surface area contributed by atoms with E-state index in [-0.39, 0.29) is 43.7 Å². The Balaban J connectivity index is 1.67. The molecule has 0 aliphatic carbocycles. The van der Waals surface area contributed by atoms with Crippen molar-refractivity contribution in [1.29, 1.82) is 0 Å². The molecular weight excluding hydrogens is 513 g/mol. The van der Waals surface area contributed by atoms with E-state index in [0.717, 1.165) is 56.6 Å². The van der Waals surface area contributed by atoms with Gasteiger partial charge in [0, 0.05) is 54.6 Å². The molecule has 1 aliphatic rings. The predicted molar refractivity (Wildman–Crippen MR) is 138 cm³/mol. The summed E-state index contributed by atoms with van der Waals surface area (Å²) in [5.41, 5.74) is -0.392. The van der Waals surface area contributed by atoms with Gasteiger partial charge in [-0.2, -0.15) is 13.2 Å². The molecule has 1 heterocycles. The van der Waals surface area contributed by atoms with Gasteiger partial charge < -0.3 is 25.1 Å². The van der Waals surface area contributed by atoms with E-state index in [1.165, 1.54) is 30.3 Å². The SMILES string of the molecule is CN1CCN(CCC(O)CSc2c(O)cc3ccc(C(F)(F)F)cc3c2-c2cc(Cl)ccc2O)CC1. The van der Waals surface area contributed by atoms with Crippen molar-refractivity contribution in [3.8, 4) is 22.6 Å². The van der Waals surface area contributed by atoms with Crippen molar-refractivity contribution in [2.45, 2.75) is 23.6 Å². The molecule has 0 aromatic heterocycles. The third kappa shape index (κ3) is 6.20. The van der Waals surface area contributed by atoms with Gasteiger partial charge in [0.1, 0.15) is 11.5 Å². The molecule has 4 rings (SSSR count). The van der Waals surface area contributed by atoms with Gasteiger partial charge in [0.05, 0.1) is 16.6 Å². The summed E-state index contributed by atoms with van der Waals surface area (Å²) >= 11 is 7.30. The third-order valence-corrected chi connectivity index (χ3v) is 7.91. The molecule has 1 aliphatic heterocycles. The maximum absolute atomic E-state index is 13.5. The van der Waals surface area contributed by atoms with Crippen LogP contribution >= 0.6 is 23.4 Å². The van der Waals surface area contributed by atoms with E-state index in [4.69, 9.17) is 11.6 Å². The second-order valence-corrected chi connectivity index (χ2v) is 10.6. The third-order valence-electron chi connectivity index (χ3n) is 6.42. The molecule has 194 valence electrons. The molecule has 1 saturated heterocycles. The number of likely N-dealkylation sites (N-methyl/N-ethyl adjacent to an activating group) is 1. The standard InChI is InChI=1S/C26H28ClF3N2O3S/c1-31-8-10-32(11-9-31)7-6-19(33)15-36-25-23(35)12-16-2-3-17(26(28,29)30)13-20(16)24(25)21-14-18(27)4-5-22(21)34/h2-5,12-14,19,33-35H,6-11,15H2,1H3. The maximum Gasteiger partial charge on any atom is 0.416 e. The van der Waals surface area contributed by atoms with Crippen molar-refractivity contribution in [1.82, 2.24) is 9.80 Å². The minimum atomic E-state index is -4.56. The summed E-state index contributed by atoms with van der Waals surface area (Å²) in [7, 11) is 2.08. The molecule has 3 aromatic rings. The number of piperazine rings is 1. The molecule has 0 spiro atoms. The first kappa shape index (κ1) is 26.9. The van der Waals surface area contributed by atoms with E-state index in [2.05, 4.69) is 16.8 Å². The van der Waals surface area contributed by atoms with Crippen molar-refractivity contribution in [3.63, 3.8) is 0 Å². The van der Waals surface area contributed by atoms with Crippen LogP contribution in [0.5, 0.6) is 11.5 Å². The zero-order valence-corrected chi connectivity index (χ0v) is 21.3. The molecule has 10 heteroatoms. The van der Waals surface area contributed by atoms with Gasteiger partial charge in [0.15, 0.2) is 0 Å². The number of fused-ring (bicyclic) bond motifs is 1. The fourth-order valence-electron chi connectivity index (χ4n) is 4.33. The fourth-order valence-corrected chi connectivity index (χ4v) is 5.60. The summed E-state index contributed by atoms with van der Waals surface area (Å²) in [6.07, 6.45) is -4.72. The highest BCUT2D eigenvalue weighted by molar-refractivity contribution is 7.99. The van der Waals surface area contributed by atoms with E-state index in [0.29, 0.717) is 11.8 Å². The number of aromatic hydroxyl groups is 2. The van der Waals surface area contributed by atoms with Gasteiger partial charge in [0.25, 0.3) is 0 Å². The maximum atomic E-state index is 13.5. The highest BCUT2D eigenvalue weighted by Crippen LogP contribution is 2.47. The summed E-state index contributed by atoms with van der Waals surface area (Å²) in [4.78, 5) is 4.82. The number of rotatable bonds is 7. The Labute approximate surface area is 217 Å². The Morgan fingerprint density at radius 3 is 2.42 bits per heavy atom. The van der Waals surface area contributed by atoms with Crippen LogP contribution in [-0.4, -0.2) is 76.7 Å². The van der Waals surface area contributed by atoms with Gasteiger partial charge in [-0.3, -0.25) is 0 Å². The highest BCUT2D eigenvalue weighted by Gasteiger charge is 2.31. The van der Waals surface area contributed by atoms with Crippen molar-refractivity contribution in [3.05, 3.63) is 53.1 Å². The lowest BCUT2D eigenvalue weighted by Crippen LogP contribution is -2.45. The molecule has 0 saturated carbocycles. The van der Waals surface area contributed by atoms with Gasteiger partial charge in [-0.15, -0.1) is 11.8 Å². The molecule has 1 atom stereocenters. The van der Waals surface area contributed by atoms with Gasteiger partial charge in [-0.25, -0.2) is 0 Å². The number of aliphatic hydroxyl groups is 1. The number of hydrogen-bond donors (Lipinski definition) is 3. The van der Waals surface area contributed by atoms with Crippen LogP contribution in [0.4, 0.5) is 13.2 Å². The van der Waals surface area contributed by atoms with Crippen molar-refractivity contribution in [2.24, 2.45) is 0 Å². The first-order valence-electron chi connectivity index (χ1n) is 11.6. The minimum absolute atomic E-state index is 0.145. The smallest absolute Gasteiger partial charge is 0.416 e. The van der Waals surface area contributed by atoms with Crippen molar-refractivity contribution < 1.29 is 28.5 Å². The van der Waals surface area contributed by atoms with Gasteiger partial charge in [-0.1, -0.05) is 17.7 Å². The predicted octanol–water partition coefficient (Wildman–Crippen LogP) is 5.68. The second kappa shape index (κ2) is 11.1. The number of thioether (sulfide) groups is 1. The molecule has 5 nitrogen and oxygen atoms in total. The molecule has 0 bridgehead atoms. The first-order valence-corrected chi connectivity index (χ1v) is 13.0. The molecular formula is C26H28ClF3N2O3S. The second-order valence-electron chi connectivity index (χ2n) is 9.09. The zero-order valence-electron chi connectivity index (χ0n) is 19.7. The van der Waals surface area contributed by atoms with Gasteiger partial charge in [0.2, 0.25) is 0 Å². The number of aliphatic hydroxyl groups excluding tert-OH is 1. The number of hydrogen-bond acceptors (Lipinski definition) is 6. The summed E-state index contributed by atoms with van der Waals surface area (Å²) in [6.45, 7) is 4.55. The zero-order chi connectivity index (χ0) is 26.0. The summed E-state index contributed by atoms with van der Waals surface area (Å²) in [6, 6.07) is 8.96. The van der Waals surface area contributed by atoms with Gasteiger partial charge >= 0.3 is 6.18 Å². The quantitative estimate of drug-likeness (QED) is 0.335. The number of benzene rings is 3. The average Bonchev–Trinajstić information content (AvgIpc) is 2.83. The highest BCUT2D eigenvalue weighted by atomic mass is 35.5. The number of phenolic OH excluding ortho intramolecular Hbond substituents is 2. The van der Waals surface area contributed by atoms with Crippen LogP contribution in [-0.2, 0) is 6.18 Å². The van der Waals surface area contributed by atoms with Crippen LogP contribution in [0.15, 0.2) is 47.4 Å². The largest absolute Gasteiger partial charge is 0.507 e. The average molecular weight is 541 g/mol. The molecule has 3 N–H and O–H groups in total. The summed E-state index contributed by atoms with van der Waals surface area (Å²) < 4.78 is 40.6. The Hall–Kier alpha value is -2.17. The number of alkyl halides is 3. The Morgan fingerprint density at radius 1 is 1.00 bits per heavy atom. The summed E-state index contributed by atoms with van der Waals surface area (Å²) in [5.74, 6) is -0.103. The lowest BCUT2D eigenvalue weighted by Gasteiger charge is -2.32. The Bertz CT molecular complexity index is 1230. The fraction of sp³-hybridized carbons (Fsp3) is 0.385. The molecule has 0 amide bonds. The minimum Gasteiger partial charge on any atom is -0.507 e. The van der Waals surface area contributed by atoms with E-state index in [1.54, 1.807) is 0 Å². The van der Waals surface area contributed by atoms with Crippen LogP contribution < -0.4 is 0 Å². The van der Waals surface area contributed by atoms with Crippen LogP contribution in [0.2, 0.25) is 5.02 Å². The Kier molecular flexibility index (Phi) is 8.26. The van der Waals surface area contributed by atoms with E-state index in [1.807, 2.05) is 0 Å².